The molecule has 0 aliphatic carbocycles. The molecule has 0 spiro atoms. The molecule has 0 unspecified atom stereocenters. The molecule has 2 aromatic carbocycles. The summed E-state index contributed by atoms with van der Waals surface area (Å²) < 4.78 is 13.1. The van der Waals surface area contributed by atoms with Crippen LogP contribution in [0.4, 0.5) is 4.39 Å². The minimum absolute atomic E-state index is 0.000223. The van der Waals surface area contributed by atoms with E-state index >= 15 is 0 Å². The first-order valence-electron chi connectivity index (χ1n) is 6.85. The highest BCUT2D eigenvalue weighted by molar-refractivity contribution is 5.78. The van der Waals surface area contributed by atoms with Crippen LogP contribution >= 0.6 is 0 Å². The molecule has 0 radical (unpaired) electrons. The molecular formula is C17H19FN2O. The molecule has 0 fully saturated rings. The van der Waals surface area contributed by atoms with Gasteiger partial charge >= 0.3 is 0 Å². The number of nitrogens with two attached hydrogens (primary N) is 1. The summed E-state index contributed by atoms with van der Waals surface area (Å²) in [6.07, 6.45) is 0.330. The minimum Gasteiger partial charge on any atom is -0.341 e. The first-order valence-corrected chi connectivity index (χ1v) is 6.85. The Kier molecular flexibility index (Phi) is 5.06. The quantitative estimate of drug-likeness (QED) is 0.918. The molecule has 21 heavy (non-hydrogen) atoms. The third kappa shape index (κ3) is 4.39. The highest BCUT2D eigenvalue weighted by atomic mass is 19.1. The second-order valence-electron chi connectivity index (χ2n) is 5.08. The number of nitrogens with zero attached hydrogens (tertiary/aromatic N) is 1. The topological polar surface area (TPSA) is 46.3 Å². The van der Waals surface area contributed by atoms with Crippen LogP contribution in [-0.2, 0) is 24.3 Å². The molecule has 110 valence electrons. The van der Waals surface area contributed by atoms with Gasteiger partial charge in [-0.15, -0.1) is 0 Å². The molecular weight excluding hydrogens is 267 g/mol. The summed E-state index contributed by atoms with van der Waals surface area (Å²) in [4.78, 5) is 13.8. The molecule has 0 saturated heterocycles. The van der Waals surface area contributed by atoms with Crippen molar-refractivity contribution in [2.45, 2.75) is 19.5 Å². The lowest BCUT2D eigenvalue weighted by Crippen LogP contribution is -2.27. The van der Waals surface area contributed by atoms with Crippen LogP contribution in [-0.4, -0.2) is 17.9 Å². The number of hydrogen-bond acceptors (Lipinski definition) is 2. The van der Waals surface area contributed by atoms with Crippen LogP contribution < -0.4 is 5.73 Å². The van der Waals surface area contributed by atoms with Gasteiger partial charge in [-0.2, -0.15) is 0 Å². The van der Waals surface area contributed by atoms with E-state index in [1.165, 1.54) is 12.1 Å². The summed E-state index contributed by atoms with van der Waals surface area (Å²) in [5.74, 6) is -0.287. The minimum atomic E-state index is -0.286. The SMILES string of the molecule is CN(Cc1cccc(F)c1)C(=O)Cc1ccc(CN)cc1. The molecule has 4 heteroatoms. The highest BCUT2D eigenvalue weighted by Gasteiger charge is 2.10. The van der Waals surface area contributed by atoms with Crippen LogP contribution in [0.1, 0.15) is 16.7 Å². The lowest BCUT2D eigenvalue weighted by Gasteiger charge is -2.17. The molecule has 0 bridgehead atoms. The van der Waals surface area contributed by atoms with E-state index in [0.29, 0.717) is 19.5 Å². The summed E-state index contributed by atoms with van der Waals surface area (Å²) >= 11 is 0. The van der Waals surface area contributed by atoms with Crippen LogP contribution in [0.3, 0.4) is 0 Å². The Labute approximate surface area is 124 Å². The number of rotatable bonds is 5. The van der Waals surface area contributed by atoms with Crippen molar-refractivity contribution < 1.29 is 9.18 Å². The van der Waals surface area contributed by atoms with Gasteiger partial charge in [0.05, 0.1) is 6.42 Å². The van der Waals surface area contributed by atoms with E-state index in [1.807, 2.05) is 30.3 Å². The third-order valence-corrected chi connectivity index (χ3v) is 3.35. The molecule has 2 aromatic rings. The Bertz CT molecular complexity index is 610. The molecule has 0 aromatic heterocycles. The normalized spacial score (nSPS) is 10.4. The van der Waals surface area contributed by atoms with Gasteiger partial charge in [0.25, 0.3) is 0 Å². The van der Waals surface area contributed by atoms with Crippen LogP contribution in [0.15, 0.2) is 48.5 Å². The predicted molar refractivity (Wildman–Crippen MR) is 80.9 cm³/mol. The van der Waals surface area contributed by atoms with Crippen LogP contribution in [0.2, 0.25) is 0 Å². The zero-order valence-corrected chi connectivity index (χ0v) is 12.1. The van der Waals surface area contributed by atoms with Crippen molar-refractivity contribution >= 4 is 5.91 Å². The van der Waals surface area contributed by atoms with Gasteiger partial charge in [0.15, 0.2) is 0 Å². The number of benzene rings is 2. The number of amides is 1. The van der Waals surface area contributed by atoms with Gasteiger partial charge in [-0.05, 0) is 28.8 Å². The van der Waals surface area contributed by atoms with Crippen molar-refractivity contribution in [3.05, 3.63) is 71.0 Å². The smallest absolute Gasteiger partial charge is 0.227 e. The molecule has 0 aliphatic heterocycles. The van der Waals surface area contributed by atoms with Crippen molar-refractivity contribution in [2.24, 2.45) is 5.73 Å². The van der Waals surface area contributed by atoms with Crippen LogP contribution in [0, 0.1) is 5.82 Å². The number of halogens is 1. The maximum atomic E-state index is 13.1. The number of carbonyl (C=O) groups excluding carboxylic acids is 1. The zero-order valence-electron chi connectivity index (χ0n) is 12.1. The predicted octanol–water partition coefficient (Wildman–Crippen LogP) is 2.49. The van der Waals surface area contributed by atoms with Gasteiger partial charge in [0.2, 0.25) is 5.91 Å². The molecule has 3 nitrogen and oxygen atoms in total. The molecule has 0 atom stereocenters. The van der Waals surface area contributed by atoms with E-state index < -0.39 is 0 Å². The fourth-order valence-electron chi connectivity index (χ4n) is 2.10. The molecule has 2 N–H and O–H groups in total. The van der Waals surface area contributed by atoms with Crippen LogP contribution in [0.25, 0.3) is 0 Å². The maximum absolute atomic E-state index is 13.1. The second-order valence-corrected chi connectivity index (χ2v) is 5.08. The summed E-state index contributed by atoms with van der Waals surface area (Å²) in [6, 6.07) is 14.0. The van der Waals surface area contributed by atoms with Crippen LogP contribution in [0.5, 0.6) is 0 Å². The van der Waals surface area contributed by atoms with Gasteiger partial charge in [-0.1, -0.05) is 36.4 Å². The summed E-state index contributed by atoms with van der Waals surface area (Å²) in [5.41, 5.74) is 8.31. The van der Waals surface area contributed by atoms with Gasteiger partial charge in [-0.25, -0.2) is 4.39 Å². The monoisotopic (exact) mass is 286 g/mol. The molecule has 0 heterocycles. The van der Waals surface area contributed by atoms with Gasteiger partial charge in [0, 0.05) is 20.1 Å². The lowest BCUT2D eigenvalue weighted by atomic mass is 10.1. The van der Waals surface area contributed by atoms with Gasteiger partial charge < -0.3 is 10.6 Å². The Morgan fingerprint density at radius 3 is 2.38 bits per heavy atom. The Morgan fingerprint density at radius 2 is 1.76 bits per heavy atom. The average Bonchev–Trinajstić information content (AvgIpc) is 2.48. The van der Waals surface area contributed by atoms with E-state index in [0.717, 1.165) is 16.7 Å². The van der Waals surface area contributed by atoms with Crippen molar-refractivity contribution in [1.29, 1.82) is 0 Å². The fraction of sp³-hybridized carbons (Fsp3) is 0.235. The van der Waals surface area contributed by atoms with E-state index in [-0.39, 0.29) is 11.7 Å². The first-order chi connectivity index (χ1) is 10.1. The van der Waals surface area contributed by atoms with E-state index in [9.17, 15) is 9.18 Å². The second kappa shape index (κ2) is 6.99. The third-order valence-electron chi connectivity index (χ3n) is 3.35. The van der Waals surface area contributed by atoms with E-state index in [4.69, 9.17) is 5.73 Å². The molecule has 0 saturated carbocycles. The fourth-order valence-corrected chi connectivity index (χ4v) is 2.10. The number of carbonyl (C=O) groups is 1. The Hall–Kier alpha value is -2.20. The largest absolute Gasteiger partial charge is 0.341 e. The molecule has 1 amide bonds. The standard InChI is InChI=1S/C17H19FN2O/c1-20(12-15-3-2-4-16(18)9-15)17(21)10-13-5-7-14(11-19)8-6-13/h2-9H,10-12,19H2,1H3. The molecule has 2 rings (SSSR count). The van der Waals surface area contributed by atoms with E-state index in [2.05, 4.69) is 0 Å². The Morgan fingerprint density at radius 1 is 1.10 bits per heavy atom. The summed E-state index contributed by atoms with van der Waals surface area (Å²) in [6.45, 7) is 0.894. The average molecular weight is 286 g/mol. The Balaban J connectivity index is 1.95. The summed E-state index contributed by atoms with van der Waals surface area (Å²) in [5, 5.41) is 0. The molecule has 0 aliphatic rings. The number of likely N-dealkylation sites (N-methyl/N-ethyl adjacent to an activating group) is 1. The van der Waals surface area contributed by atoms with Crippen molar-refractivity contribution in [3.63, 3.8) is 0 Å². The van der Waals surface area contributed by atoms with Crippen molar-refractivity contribution in [1.82, 2.24) is 4.90 Å². The van der Waals surface area contributed by atoms with Gasteiger partial charge in [-0.3, -0.25) is 4.79 Å². The highest BCUT2D eigenvalue weighted by Crippen LogP contribution is 2.09. The number of hydrogen-bond donors (Lipinski definition) is 1. The summed E-state index contributed by atoms with van der Waals surface area (Å²) in [7, 11) is 1.72. The maximum Gasteiger partial charge on any atom is 0.227 e. The first kappa shape index (κ1) is 15.2. The zero-order chi connectivity index (χ0) is 15.2. The van der Waals surface area contributed by atoms with Gasteiger partial charge in [0.1, 0.15) is 5.82 Å². The lowest BCUT2D eigenvalue weighted by molar-refractivity contribution is -0.129. The van der Waals surface area contributed by atoms with Crippen molar-refractivity contribution in [3.8, 4) is 0 Å². The van der Waals surface area contributed by atoms with E-state index in [1.54, 1.807) is 18.0 Å². The van der Waals surface area contributed by atoms with Crippen molar-refractivity contribution in [2.75, 3.05) is 7.05 Å².